The van der Waals surface area contributed by atoms with Crippen LogP contribution in [0.15, 0.2) is 0 Å². The second kappa shape index (κ2) is 7.74. The fourth-order valence-corrected chi connectivity index (χ4v) is 3.04. The molecule has 18 heavy (non-hydrogen) atoms. The summed E-state index contributed by atoms with van der Waals surface area (Å²) >= 11 is 0. The molecule has 3 atom stereocenters. The van der Waals surface area contributed by atoms with Crippen molar-refractivity contribution in [2.24, 2.45) is 11.7 Å². The molecule has 1 rings (SSSR count). The van der Waals surface area contributed by atoms with Crippen LogP contribution in [-0.4, -0.2) is 43.0 Å². The Morgan fingerprint density at radius 1 is 1.50 bits per heavy atom. The lowest BCUT2D eigenvalue weighted by Gasteiger charge is -2.29. The molecule has 1 aliphatic carbocycles. The summed E-state index contributed by atoms with van der Waals surface area (Å²) in [5.74, 6) is 0.706. The summed E-state index contributed by atoms with van der Waals surface area (Å²) in [6.45, 7) is 5.44. The molecule has 0 saturated heterocycles. The van der Waals surface area contributed by atoms with E-state index < -0.39 is 0 Å². The van der Waals surface area contributed by atoms with Gasteiger partial charge in [-0.3, -0.25) is 9.69 Å². The summed E-state index contributed by atoms with van der Waals surface area (Å²) in [6.07, 6.45) is 5.78. The van der Waals surface area contributed by atoms with Crippen molar-refractivity contribution < 1.29 is 4.79 Å². The van der Waals surface area contributed by atoms with Gasteiger partial charge in [0.25, 0.3) is 0 Å². The van der Waals surface area contributed by atoms with Crippen LogP contribution in [0.25, 0.3) is 0 Å². The maximum absolute atomic E-state index is 11.9. The molecule has 0 heterocycles. The van der Waals surface area contributed by atoms with Gasteiger partial charge in [-0.05, 0) is 45.7 Å². The number of amides is 1. The van der Waals surface area contributed by atoms with Gasteiger partial charge in [-0.25, -0.2) is 0 Å². The van der Waals surface area contributed by atoms with E-state index >= 15 is 0 Å². The highest BCUT2D eigenvalue weighted by Gasteiger charge is 2.30. The Hall–Kier alpha value is -0.610. The maximum Gasteiger partial charge on any atom is 0.234 e. The molecule has 1 fully saturated rings. The third kappa shape index (κ3) is 4.58. The first-order valence-electron chi connectivity index (χ1n) is 7.28. The summed E-state index contributed by atoms with van der Waals surface area (Å²) in [7, 11) is 2.04. The van der Waals surface area contributed by atoms with E-state index in [1.807, 2.05) is 7.05 Å². The van der Waals surface area contributed by atoms with Gasteiger partial charge in [-0.2, -0.15) is 0 Å². The molecule has 0 aromatic heterocycles. The third-order valence-corrected chi connectivity index (χ3v) is 4.01. The number of hydrogen-bond donors (Lipinski definition) is 2. The van der Waals surface area contributed by atoms with E-state index in [1.54, 1.807) is 0 Å². The lowest BCUT2D eigenvalue weighted by atomic mass is 10.0. The van der Waals surface area contributed by atoms with E-state index in [4.69, 9.17) is 5.73 Å². The number of nitrogens with zero attached hydrogens (tertiary/aromatic N) is 1. The minimum atomic E-state index is 0.140. The molecule has 0 spiro atoms. The highest BCUT2D eigenvalue weighted by Crippen LogP contribution is 2.28. The van der Waals surface area contributed by atoms with Gasteiger partial charge in [0.05, 0.1) is 6.54 Å². The minimum absolute atomic E-state index is 0.140. The zero-order chi connectivity index (χ0) is 13.5. The lowest BCUT2D eigenvalue weighted by Crippen LogP contribution is -2.45. The number of carbonyl (C=O) groups excluding carboxylic acids is 1. The summed E-state index contributed by atoms with van der Waals surface area (Å²) in [5.41, 5.74) is 5.79. The Morgan fingerprint density at radius 3 is 2.83 bits per heavy atom. The predicted molar refractivity (Wildman–Crippen MR) is 75.3 cm³/mol. The molecule has 0 radical (unpaired) electrons. The number of hydrogen-bond acceptors (Lipinski definition) is 3. The van der Waals surface area contributed by atoms with Crippen molar-refractivity contribution in [2.75, 3.05) is 20.1 Å². The van der Waals surface area contributed by atoms with E-state index in [9.17, 15) is 4.79 Å². The van der Waals surface area contributed by atoms with Crippen LogP contribution in [-0.2, 0) is 4.79 Å². The zero-order valence-electron chi connectivity index (χ0n) is 12.1. The number of rotatable bonds is 7. The van der Waals surface area contributed by atoms with Crippen molar-refractivity contribution in [3.8, 4) is 0 Å². The van der Waals surface area contributed by atoms with Crippen LogP contribution in [0, 0.1) is 5.92 Å². The number of nitrogens with one attached hydrogen (secondary N) is 1. The van der Waals surface area contributed by atoms with E-state index in [-0.39, 0.29) is 11.9 Å². The lowest BCUT2D eigenvalue weighted by molar-refractivity contribution is -0.123. The van der Waals surface area contributed by atoms with E-state index in [0.29, 0.717) is 18.5 Å². The van der Waals surface area contributed by atoms with E-state index in [0.717, 1.165) is 19.4 Å². The van der Waals surface area contributed by atoms with E-state index in [2.05, 4.69) is 24.1 Å². The molecule has 4 heteroatoms. The molecule has 0 aromatic carbocycles. The standard InChI is InChI=1S/C14H29N3O/c1-4-6-11(2)16-14(18)10-17(3)13-8-5-7-12(13)9-15/h11-13H,4-10,15H2,1-3H3,(H,16,18). The molecule has 3 N–H and O–H groups in total. The van der Waals surface area contributed by atoms with Crippen molar-refractivity contribution in [3.63, 3.8) is 0 Å². The second-order valence-electron chi connectivity index (χ2n) is 5.67. The van der Waals surface area contributed by atoms with Crippen LogP contribution < -0.4 is 11.1 Å². The fourth-order valence-electron chi connectivity index (χ4n) is 3.04. The molecule has 3 unspecified atom stereocenters. The van der Waals surface area contributed by atoms with Crippen LogP contribution in [0.5, 0.6) is 0 Å². The van der Waals surface area contributed by atoms with Gasteiger partial charge < -0.3 is 11.1 Å². The highest BCUT2D eigenvalue weighted by atomic mass is 16.2. The molecular weight excluding hydrogens is 226 g/mol. The average molecular weight is 255 g/mol. The zero-order valence-corrected chi connectivity index (χ0v) is 12.1. The van der Waals surface area contributed by atoms with Crippen molar-refractivity contribution in [1.82, 2.24) is 10.2 Å². The Morgan fingerprint density at radius 2 is 2.22 bits per heavy atom. The summed E-state index contributed by atoms with van der Waals surface area (Å²) in [5, 5.41) is 3.06. The Balaban J connectivity index is 2.34. The van der Waals surface area contributed by atoms with Crippen LogP contribution >= 0.6 is 0 Å². The normalized spacial score (nSPS) is 25.4. The van der Waals surface area contributed by atoms with Gasteiger partial charge in [-0.15, -0.1) is 0 Å². The fraction of sp³-hybridized carbons (Fsp3) is 0.929. The van der Waals surface area contributed by atoms with Gasteiger partial charge in [-0.1, -0.05) is 19.8 Å². The number of nitrogens with two attached hydrogens (primary N) is 1. The van der Waals surface area contributed by atoms with Gasteiger partial charge in [0.1, 0.15) is 0 Å². The second-order valence-corrected chi connectivity index (χ2v) is 5.67. The van der Waals surface area contributed by atoms with Crippen LogP contribution in [0.1, 0.15) is 46.0 Å². The quantitative estimate of drug-likeness (QED) is 0.722. The van der Waals surface area contributed by atoms with Gasteiger partial charge in [0.15, 0.2) is 0 Å². The monoisotopic (exact) mass is 255 g/mol. The maximum atomic E-state index is 11.9. The molecule has 0 bridgehead atoms. The molecule has 1 amide bonds. The Kier molecular flexibility index (Phi) is 6.65. The SMILES string of the molecule is CCCC(C)NC(=O)CN(C)C1CCCC1CN. The predicted octanol–water partition coefficient (Wildman–Crippen LogP) is 1.35. The van der Waals surface area contributed by atoms with Gasteiger partial charge >= 0.3 is 0 Å². The number of carbonyl (C=O) groups is 1. The summed E-state index contributed by atoms with van der Waals surface area (Å²) < 4.78 is 0. The van der Waals surface area contributed by atoms with Crippen LogP contribution in [0.3, 0.4) is 0 Å². The average Bonchev–Trinajstić information content (AvgIpc) is 2.76. The molecule has 1 saturated carbocycles. The molecule has 4 nitrogen and oxygen atoms in total. The summed E-state index contributed by atoms with van der Waals surface area (Å²) in [4.78, 5) is 14.1. The topological polar surface area (TPSA) is 58.4 Å². The summed E-state index contributed by atoms with van der Waals surface area (Å²) in [6, 6.07) is 0.770. The number of likely N-dealkylation sites (N-methyl/N-ethyl adjacent to an activating group) is 1. The molecule has 0 aromatic rings. The first-order valence-corrected chi connectivity index (χ1v) is 7.28. The van der Waals surface area contributed by atoms with E-state index in [1.165, 1.54) is 19.3 Å². The van der Waals surface area contributed by atoms with Gasteiger partial charge in [0.2, 0.25) is 5.91 Å². The smallest absolute Gasteiger partial charge is 0.234 e. The largest absolute Gasteiger partial charge is 0.353 e. The molecule has 1 aliphatic rings. The first kappa shape index (κ1) is 15.4. The minimum Gasteiger partial charge on any atom is -0.353 e. The molecule has 0 aliphatic heterocycles. The third-order valence-electron chi connectivity index (χ3n) is 4.01. The van der Waals surface area contributed by atoms with Crippen molar-refractivity contribution in [2.45, 2.75) is 58.0 Å². The van der Waals surface area contributed by atoms with Gasteiger partial charge in [0, 0.05) is 12.1 Å². The van der Waals surface area contributed by atoms with Crippen molar-refractivity contribution in [3.05, 3.63) is 0 Å². The van der Waals surface area contributed by atoms with Crippen molar-refractivity contribution >= 4 is 5.91 Å². The molecular formula is C14H29N3O. The Labute approximate surface area is 111 Å². The molecule has 106 valence electrons. The van der Waals surface area contributed by atoms with Crippen molar-refractivity contribution in [1.29, 1.82) is 0 Å². The first-order chi connectivity index (χ1) is 8.58. The Bertz CT molecular complexity index is 257. The van der Waals surface area contributed by atoms with Crippen LogP contribution in [0.4, 0.5) is 0 Å². The van der Waals surface area contributed by atoms with Crippen LogP contribution in [0.2, 0.25) is 0 Å². The highest BCUT2D eigenvalue weighted by molar-refractivity contribution is 5.78.